The molecule has 2 fully saturated rings. The van der Waals surface area contributed by atoms with Crippen molar-refractivity contribution in [3.63, 3.8) is 0 Å². The molecule has 1 saturated heterocycles. The van der Waals surface area contributed by atoms with E-state index in [-0.39, 0.29) is 17.9 Å². The average Bonchev–Trinajstić information content (AvgIpc) is 2.51. The van der Waals surface area contributed by atoms with E-state index in [1.54, 1.807) is 0 Å². The normalized spacial score (nSPS) is 30.9. The molecule has 2 aliphatic rings. The van der Waals surface area contributed by atoms with Crippen molar-refractivity contribution in [1.82, 2.24) is 10.2 Å². The van der Waals surface area contributed by atoms with Gasteiger partial charge in [0.25, 0.3) is 0 Å². The van der Waals surface area contributed by atoms with E-state index in [2.05, 4.69) is 11.4 Å². The van der Waals surface area contributed by atoms with Gasteiger partial charge in [-0.3, -0.25) is 4.79 Å². The first-order valence-corrected chi connectivity index (χ1v) is 8.10. The van der Waals surface area contributed by atoms with Crippen LogP contribution in [-0.2, 0) is 4.79 Å². The molecule has 0 radical (unpaired) electrons. The molecule has 2 rings (SSSR count). The number of hydrogen-bond donors (Lipinski definition) is 1. The highest BCUT2D eigenvalue weighted by atomic mass is 16.2. The van der Waals surface area contributed by atoms with Crippen LogP contribution in [0.15, 0.2) is 0 Å². The van der Waals surface area contributed by atoms with E-state index in [4.69, 9.17) is 5.26 Å². The Morgan fingerprint density at radius 1 is 1.35 bits per heavy atom. The van der Waals surface area contributed by atoms with E-state index in [0.717, 1.165) is 12.3 Å². The summed E-state index contributed by atoms with van der Waals surface area (Å²) in [4.78, 5) is 14.5. The molecule has 1 amide bonds. The summed E-state index contributed by atoms with van der Waals surface area (Å²) in [7, 11) is 0. The van der Waals surface area contributed by atoms with E-state index in [1.807, 2.05) is 18.7 Å². The zero-order chi connectivity index (χ0) is 14.5. The van der Waals surface area contributed by atoms with Crippen LogP contribution in [0.5, 0.6) is 0 Å². The number of nitrogens with zero attached hydrogens (tertiary/aromatic N) is 2. The number of carbonyl (C=O) groups excluding carboxylic acids is 1. The van der Waals surface area contributed by atoms with Gasteiger partial charge in [-0.25, -0.2) is 0 Å². The molecule has 112 valence electrons. The molecule has 20 heavy (non-hydrogen) atoms. The van der Waals surface area contributed by atoms with Crippen LogP contribution in [0, 0.1) is 23.2 Å². The van der Waals surface area contributed by atoms with Crippen LogP contribution in [0.3, 0.4) is 0 Å². The third kappa shape index (κ3) is 3.52. The molecule has 0 aromatic rings. The highest BCUT2D eigenvalue weighted by Gasteiger charge is 2.35. The van der Waals surface area contributed by atoms with Gasteiger partial charge in [0.15, 0.2) is 0 Å². The van der Waals surface area contributed by atoms with Crippen LogP contribution in [0.25, 0.3) is 0 Å². The van der Waals surface area contributed by atoms with Crippen molar-refractivity contribution >= 4 is 5.91 Å². The molecule has 1 aliphatic carbocycles. The number of amides is 1. The summed E-state index contributed by atoms with van der Waals surface area (Å²) in [6.45, 7) is 5.12. The van der Waals surface area contributed by atoms with E-state index in [1.165, 1.54) is 32.1 Å². The monoisotopic (exact) mass is 277 g/mol. The molecule has 1 aliphatic heterocycles. The number of rotatable bonds is 4. The SMILES string of the molecule is CCN(CC(C)C#N)C(=O)C1CCC2CCCCC2N1. The predicted octanol–water partition coefficient (Wildman–Crippen LogP) is 2.31. The molecule has 0 bridgehead atoms. The van der Waals surface area contributed by atoms with Crippen molar-refractivity contribution in [3.05, 3.63) is 0 Å². The molecule has 1 heterocycles. The third-order valence-corrected chi connectivity index (χ3v) is 4.86. The second-order valence-corrected chi connectivity index (χ2v) is 6.35. The van der Waals surface area contributed by atoms with Crippen molar-refractivity contribution in [2.24, 2.45) is 11.8 Å². The lowest BCUT2D eigenvalue weighted by Crippen LogP contribution is -2.56. The third-order valence-electron chi connectivity index (χ3n) is 4.86. The van der Waals surface area contributed by atoms with Gasteiger partial charge < -0.3 is 10.2 Å². The predicted molar refractivity (Wildman–Crippen MR) is 78.9 cm³/mol. The van der Waals surface area contributed by atoms with E-state index in [0.29, 0.717) is 19.1 Å². The van der Waals surface area contributed by atoms with Crippen molar-refractivity contribution in [3.8, 4) is 6.07 Å². The lowest BCUT2D eigenvalue weighted by molar-refractivity contribution is -0.135. The largest absolute Gasteiger partial charge is 0.340 e. The molecule has 0 aromatic carbocycles. The molecule has 0 aromatic heterocycles. The van der Waals surface area contributed by atoms with Gasteiger partial charge in [0.2, 0.25) is 5.91 Å². The van der Waals surface area contributed by atoms with Gasteiger partial charge >= 0.3 is 0 Å². The minimum Gasteiger partial charge on any atom is -0.340 e. The van der Waals surface area contributed by atoms with Crippen molar-refractivity contribution in [1.29, 1.82) is 5.26 Å². The Bertz CT molecular complexity index is 376. The quantitative estimate of drug-likeness (QED) is 0.858. The Balaban J connectivity index is 1.92. The van der Waals surface area contributed by atoms with E-state index in [9.17, 15) is 4.79 Å². The van der Waals surface area contributed by atoms with E-state index >= 15 is 0 Å². The summed E-state index contributed by atoms with van der Waals surface area (Å²) >= 11 is 0. The fourth-order valence-electron chi connectivity index (χ4n) is 3.66. The first-order chi connectivity index (χ1) is 9.65. The second-order valence-electron chi connectivity index (χ2n) is 6.35. The number of carbonyl (C=O) groups is 1. The lowest BCUT2D eigenvalue weighted by Gasteiger charge is -2.41. The van der Waals surface area contributed by atoms with Gasteiger partial charge in [0, 0.05) is 19.1 Å². The smallest absolute Gasteiger partial charge is 0.239 e. The highest BCUT2D eigenvalue weighted by Crippen LogP contribution is 2.32. The molecule has 4 heteroatoms. The minimum absolute atomic E-state index is 0.0276. The van der Waals surface area contributed by atoms with Gasteiger partial charge in [-0.15, -0.1) is 0 Å². The van der Waals surface area contributed by atoms with Crippen LogP contribution in [0.2, 0.25) is 0 Å². The summed E-state index contributed by atoms with van der Waals surface area (Å²) < 4.78 is 0. The maximum Gasteiger partial charge on any atom is 0.239 e. The van der Waals surface area contributed by atoms with Crippen LogP contribution < -0.4 is 5.32 Å². The van der Waals surface area contributed by atoms with E-state index < -0.39 is 0 Å². The Kier molecular flexibility index (Phi) is 5.42. The molecular formula is C16H27N3O. The maximum atomic E-state index is 12.6. The Labute approximate surface area is 122 Å². The first-order valence-electron chi connectivity index (χ1n) is 8.10. The number of nitrogens with one attached hydrogen (secondary N) is 1. The number of nitriles is 1. The maximum absolute atomic E-state index is 12.6. The number of hydrogen-bond acceptors (Lipinski definition) is 3. The van der Waals surface area contributed by atoms with Gasteiger partial charge in [0.05, 0.1) is 18.0 Å². The lowest BCUT2D eigenvalue weighted by atomic mass is 9.77. The van der Waals surface area contributed by atoms with Crippen LogP contribution in [0.1, 0.15) is 52.4 Å². The molecule has 4 nitrogen and oxygen atoms in total. The summed E-state index contributed by atoms with van der Waals surface area (Å²) in [5, 5.41) is 12.5. The molecular weight excluding hydrogens is 250 g/mol. The molecule has 1 N–H and O–H groups in total. The zero-order valence-corrected chi connectivity index (χ0v) is 12.8. The molecule has 0 spiro atoms. The van der Waals surface area contributed by atoms with Gasteiger partial charge in [-0.05, 0) is 45.4 Å². The average molecular weight is 277 g/mol. The highest BCUT2D eigenvalue weighted by molar-refractivity contribution is 5.82. The minimum atomic E-state index is -0.0927. The fourth-order valence-corrected chi connectivity index (χ4v) is 3.66. The molecule has 1 saturated carbocycles. The summed E-state index contributed by atoms with van der Waals surface area (Å²) in [6, 6.07) is 2.73. The van der Waals surface area contributed by atoms with Gasteiger partial charge in [-0.2, -0.15) is 5.26 Å². The second kappa shape index (κ2) is 7.08. The summed E-state index contributed by atoms with van der Waals surface area (Å²) in [5.74, 6) is 0.879. The number of fused-ring (bicyclic) bond motifs is 1. The topological polar surface area (TPSA) is 56.1 Å². The Hall–Kier alpha value is -1.08. The van der Waals surface area contributed by atoms with Crippen LogP contribution >= 0.6 is 0 Å². The van der Waals surface area contributed by atoms with Crippen molar-refractivity contribution < 1.29 is 4.79 Å². The number of likely N-dealkylation sites (N-methyl/N-ethyl adjacent to an activating group) is 1. The van der Waals surface area contributed by atoms with Crippen LogP contribution in [0.4, 0.5) is 0 Å². The number of piperidine rings is 1. The summed E-state index contributed by atoms with van der Waals surface area (Å²) in [5.41, 5.74) is 0. The molecule has 4 atom stereocenters. The van der Waals surface area contributed by atoms with Crippen molar-refractivity contribution in [2.75, 3.05) is 13.1 Å². The Morgan fingerprint density at radius 2 is 2.10 bits per heavy atom. The van der Waals surface area contributed by atoms with Crippen LogP contribution in [-0.4, -0.2) is 36.0 Å². The molecule has 4 unspecified atom stereocenters. The standard InChI is InChI=1S/C16H27N3O/c1-3-19(11-12(2)10-17)16(20)15-9-8-13-6-4-5-7-14(13)18-15/h12-15,18H,3-9,11H2,1-2H3. The van der Waals surface area contributed by atoms with Gasteiger partial charge in [0.1, 0.15) is 0 Å². The van der Waals surface area contributed by atoms with Crippen molar-refractivity contribution in [2.45, 2.75) is 64.5 Å². The Morgan fingerprint density at radius 3 is 2.80 bits per heavy atom. The zero-order valence-electron chi connectivity index (χ0n) is 12.8. The first kappa shape index (κ1) is 15.3. The van der Waals surface area contributed by atoms with Gasteiger partial charge in [-0.1, -0.05) is 12.8 Å². The fraction of sp³-hybridized carbons (Fsp3) is 0.875. The summed E-state index contributed by atoms with van der Waals surface area (Å²) in [6.07, 6.45) is 7.31.